The van der Waals surface area contributed by atoms with Crippen LogP contribution in [-0.4, -0.2) is 48.0 Å². The number of nitrogens with zero attached hydrogens (tertiary/aromatic N) is 2. The summed E-state index contributed by atoms with van der Waals surface area (Å²) in [4.78, 5) is 15.6. The predicted octanol–water partition coefficient (Wildman–Crippen LogP) is 2.21. The van der Waals surface area contributed by atoms with Gasteiger partial charge >= 0.3 is 0 Å². The summed E-state index contributed by atoms with van der Waals surface area (Å²) in [6.45, 7) is 2.74. The van der Waals surface area contributed by atoms with Crippen molar-refractivity contribution in [2.24, 2.45) is 0 Å². The summed E-state index contributed by atoms with van der Waals surface area (Å²) in [6, 6.07) is 10.4. The van der Waals surface area contributed by atoms with Crippen LogP contribution in [0, 0.1) is 6.92 Å². The molecule has 0 bridgehead atoms. The van der Waals surface area contributed by atoms with E-state index in [1.54, 1.807) is 42.6 Å². The Morgan fingerprint density at radius 1 is 1.24 bits per heavy atom. The van der Waals surface area contributed by atoms with Gasteiger partial charge in [0.2, 0.25) is 10.0 Å². The number of hydroxylamine groups is 1. The number of hydrogen-bond donors (Lipinski definition) is 3. The molecule has 3 N–H and O–H groups in total. The van der Waals surface area contributed by atoms with Gasteiger partial charge in [-0.25, -0.2) is 18.9 Å². The number of halogens is 1. The number of carbonyl (C=O) groups is 1. The lowest BCUT2D eigenvalue weighted by Gasteiger charge is -2.17. The second-order valence-electron chi connectivity index (χ2n) is 6.59. The molecular formula is C19H23ClN4O4S. The number of nitrogens with one attached hydrogen (secondary N) is 2. The number of hydrogen-bond acceptors (Lipinski definition) is 6. The van der Waals surface area contributed by atoms with Crippen LogP contribution in [0.15, 0.2) is 53.6 Å². The molecule has 1 aromatic heterocycles. The third kappa shape index (κ3) is 5.77. The van der Waals surface area contributed by atoms with Crippen LogP contribution < -0.4 is 10.8 Å². The van der Waals surface area contributed by atoms with E-state index in [-0.39, 0.29) is 18.4 Å². The van der Waals surface area contributed by atoms with E-state index < -0.39 is 15.9 Å². The first-order valence-electron chi connectivity index (χ1n) is 8.80. The fourth-order valence-electron chi connectivity index (χ4n) is 2.93. The van der Waals surface area contributed by atoms with Crippen molar-refractivity contribution in [2.45, 2.75) is 24.3 Å². The van der Waals surface area contributed by atoms with Crippen LogP contribution >= 0.6 is 12.4 Å². The van der Waals surface area contributed by atoms with E-state index in [2.05, 4.69) is 10.3 Å². The highest BCUT2D eigenvalue weighted by Gasteiger charge is 2.32. The van der Waals surface area contributed by atoms with Gasteiger partial charge in [0.05, 0.1) is 4.90 Å². The molecule has 1 fully saturated rings. The highest BCUT2D eigenvalue weighted by molar-refractivity contribution is 7.89. The molecule has 1 aromatic carbocycles. The van der Waals surface area contributed by atoms with Gasteiger partial charge in [-0.05, 0) is 49.2 Å². The van der Waals surface area contributed by atoms with E-state index in [4.69, 9.17) is 5.21 Å². The van der Waals surface area contributed by atoms with Crippen molar-refractivity contribution in [1.82, 2.24) is 14.8 Å². The SMILES string of the molecule is Cc1ccc(S(=O)(=O)N2CC[C@@H](Nc3ccc(C=CC(=O)NO)cn3)C2)cc1.Cl. The molecule has 2 aromatic rings. The van der Waals surface area contributed by atoms with Crippen molar-refractivity contribution in [1.29, 1.82) is 0 Å². The summed E-state index contributed by atoms with van der Waals surface area (Å²) in [5.41, 5.74) is 3.23. The van der Waals surface area contributed by atoms with E-state index in [1.165, 1.54) is 21.9 Å². The van der Waals surface area contributed by atoms with Gasteiger partial charge < -0.3 is 5.32 Å². The van der Waals surface area contributed by atoms with Crippen LogP contribution in [0.4, 0.5) is 5.82 Å². The molecule has 1 aliphatic heterocycles. The number of aryl methyl sites for hydroxylation is 1. The Morgan fingerprint density at radius 2 is 1.97 bits per heavy atom. The number of anilines is 1. The first-order valence-corrected chi connectivity index (χ1v) is 10.2. The summed E-state index contributed by atoms with van der Waals surface area (Å²) >= 11 is 0. The van der Waals surface area contributed by atoms with Crippen LogP contribution in [0.25, 0.3) is 6.08 Å². The van der Waals surface area contributed by atoms with Crippen molar-refractivity contribution >= 4 is 40.2 Å². The van der Waals surface area contributed by atoms with Gasteiger partial charge in [-0.3, -0.25) is 10.0 Å². The topological polar surface area (TPSA) is 112 Å². The maximum Gasteiger partial charge on any atom is 0.267 e. The number of aromatic nitrogens is 1. The maximum absolute atomic E-state index is 12.8. The molecule has 0 radical (unpaired) electrons. The van der Waals surface area contributed by atoms with Crippen molar-refractivity contribution < 1.29 is 18.4 Å². The minimum Gasteiger partial charge on any atom is -0.366 e. The molecule has 0 saturated carbocycles. The Bertz CT molecular complexity index is 963. The van der Waals surface area contributed by atoms with Crippen LogP contribution in [-0.2, 0) is 14.8 Å². The Hall–Kier alpha value is -2.46. The first kappa shape index (κ1) is 22.8. The number of benzene rings is 1. The maximum atomic E-state index is 12.8. The standard InChI is InChI=1S/C19H22N4O4S.ClH/c1-14-2-6-17(7-3-14)28(26,27)23-11-10-16(13-23)21-18-8-4-15(12-20-18)5-9-19(24)22-25;/h2-9,12,16,25H,10-11,13H2,1H3,(H,20,21)(H,22,24);1H/t16-;/m1./s1. The lowest BCUT2D eigenvalue weighted by Crippen LogP contribution is -2.31. The quantitative estimate of drug-likeness (QED) is 0.362. The van der Waals surface area contributed by atoms with Crippen molar-refractivity contribution in [3.05, 3.63) is 59.8 Å². The fraction of sp³-hybridized carbons (Fsp3) is 0.263. The Labute approximate surface area is 176 Å². The van der Waals surface area contributed by atoms with Gasteiger partial charge in [0.15, 0.2) is 0 Å². The van der Waals surface area contributed by atoms with Crippen LogP contribution in [0.5, 0.6) is 0 Å². The minimum atomic E-state index is -3.50. The third-order valence-corrected chi connectivity index (χ3v) is 6.36. The normalized spacial score (nSPS) is 17.1. The average Bonchev–Trinajstić information content (AvgIpc) is 3.17. The molecule has 8 nitrogen and oxygen atoms in total. The number of amides is 1. The zero-order valence-corrected chi connectivity index (χ0v) is 17.4. The lowest BCUT2D eigenvalue weighted by molar-refractivity contribution is -0.124. The van der Waals surface area contributed by atoms with Crippen LogP contribution in [0.2, 0.25) is 0 Å². The van der Waals surface area contributed by atoms with Crippen LogP contribution in [0.1, 0.15) is 17.5 Å². The fourth-order valence-corrected chi connectivity index (χ4v) is 4.43. The molecule has 1 amide bonds. The Balaban J connectivity index is 0.00000300. The summed E-state index contributed by atoms with van der Waals surface area (Å²) in [7, 11) is -3.50. The highest BCUT2D eigenvalue weighted by atomic mass is 35.5. The van der Waals surface area contributed by atoms with Gasteiger partial charge in [0, 0.05) is 31.4 Å². The predicted molar refractivity (Wildman–Crippen MR) is 112 cm³/mol. The lowest BCUT2D eigenvalue weighted by atomic mass is 10.2. The molecule has 0 spiro atoms. The molecule has 10 heteroatoms. The number of sulfonamides is 1. The molecule has 0 aliphatic carbocycles. The van der Waals surface area contributed by atoms with Crippen LogP contribution in [0.3, 0.4) is 0 Å². The van der Waals surface area contributed by atoms with Crippen molar-refractivity contribution in [3.63, 3.8) is 0 Å². The van der Waals surface area contributed by atoms with E-state index in [0.29, 0.717) is 35.8 Å². The summed E-state index contributed by atoms with van der Waals surface area (Å²) in [5.74, 6) is 0.00591. The van der Waals surface area contributed by atoms with Crippen molar-refractivity contribution in [3.8, 4) is 0 Å². The first-order chi connectivity index (χ1) is 13.4. The third-order valence-electron chi connectivity index (χ3n) is 4.49. The second-order valence-corrected chi connectivity index (χ2v) is 8.53. The smallest absolute Gasteiger partial charge is 0.267 e. The van der Waals surface area contributed by atoms with E-state index in [1.807, 2.05) is 6.92 Å². The van der Waals surface area contributed by atoms with Gasteiger partial charge in [-0.2, -0.15) is 4.31 Å². The molecule has 1 atom stereocenters. The number of pyridine rings is 1. The molecule has 2 heterocycles. The molecular weight excluding hydrogens is 416 g/mol. The molecule has 1 saturated heterocycles. The Kier molecular flexibility index (Phi) is 7.74. The molecule has 29 heavy (non-hydrogen) atoms. The number of rotatable bonds is 6. The van der Waals surface area contributed by atoms with E-state index in [0.717, 1.165) is 5.56 Å². The summed E-state index contributed by atoms with van der Waals surface area (Å²) in [6.07, 6.45) is 4.98. The second kappa shape index (κ2) is 9.84. The molecule has 0 unspecified atom stereocenters. The van der Waals surface area contributed by atoms with E-state index in [9.17, 15) is 13.2 Å². The largest absolute Gasteiger partial charge is 0.366 e. The van der Waals surface area contributed by atoms with E-state index >= 15 is 0 Å². The van der Waals surface area contributed by atoms with Gasteiger partial charge in [0.1, 0.15) is 5.82 Å². The molecule has 156 valence electrons. The summed E-state index contributed by atoms with van der Waals surface area (Å²) < 4.78 is 27.0. The minimum absolute atomic E-state index is 0. The van der Waals surface area contributed by atoms with Gasteiger partial charge in [-0.15, -0.1) is 12.4 Å². The van der Waals surface area contributed by atoms with Gasteiger partial charge in [-0.1, -0.05) is 17.7 Å². The Morgan fingerprint density at radius 3 is 2.59 bits per heavy atom. The zero-order chi connectivity index (χ0) is 20.1. The number of carbonyl (C=O) groups excluding carboxylic acids is 1. The monoisotopic (exact) mass is 438 g/mol. The molecule has 1 aliphatic rings. The summed E-state index contributed by atoms with van der Waals surface area (Å²) in [5, 5.41) is 11.7. The zero-order valence-electron chi connectivity index (χ0n) is 15.8. The average molecular weight is 439 g/mol. The van der Waals surface area contributed by atoms with Gasteiger partial charge in [0.25, 0.3) is 5.91 Å². The highest BCUT2D eigenvalue weighted by Crippen LogP contribution is 2.23. The van der Waals surface area contributed by atoms with Crippen molar-refractivity contribution in [2.75, 3.05) is 18.4 Å². The molecule has 3 rings (SSSR count).